The van der Waals surface area contributed by atoms with Crippen LogP contribution in [0.1, 0.15) is 153 Å². The van der Waals surface area contributed by atoms with Crippen LogP contribution in [-0.2, 0) is 0 Å². The Kier molecular flexibility index (Phi) is 25.9. The Morgan fingerprint density at radius 1 is 0.287 bits per heavy atom. The summed E-state index contributed by atoms with van der Waals surface area (Å²) < 4.78 is 0. The summed E-state index contributed by atoms with van der Waals surface area (Å²) in [6.07, 6.45) is 18.2. The van der Waals surface area contributed by atoms with E-state index in [1.54, 1.807) is 72.8 Å². The smallest absolute Gasteiger partial charge is 0.138 e. The van der Waals surface area contributed by atoms with Crippen LogP contribution in [0.5, 0.6) is 0 Å². The summed E-state index contributed by atoms with van der Waals surface area (Å²) in [5, 5.41) is 84.1. The average Bonchev–Trinajstić information content (AvgIpc) is 3.54. The van der Waals surface area contributed by atoms with Crippen molar-refractivity contribution < 1.29 is 0 Å². The molecule has 0 bridgehead atoms. The van der Waals surface area contributed by atoms with Crippen molar-refractivity contribution in [3.05, 3.63) is 176 Å². The molecule has 0 spiro atoms. The molecule has 5 aromatic carbocycles. The highest BCUT2D eigenvalue weighted by atomic mass is 15.1. The Morgan fingerprint density at radius 2 is 0.537 bits per heavy atom. The molecule has 5 aromatic rings. The lowest BCUT2D eigenvalue weighted by Gasteiger charge is -2.26. The van der Waals surface area contributed by atoms with Crippen molar-refractivity contribution >= 4 is 44.8 Å². The van der Waals surface area contributed by atoms with Crippen LogP contribution in [0.3, 0.4) is 0 Å². The van der Waals surface area contributed by atoms with Crippen LogP contribution < -0.4 is 30.7 Å². The SMILES string of the molecule is CCCCCCN(CCCCCC)c1ccc(C(C(=C(C#N)C#N)c2ccc(C(=C(C#N)C#N)C(c3ccc(N(CCCCCC)CCCCCC)cc3)=c3ccc(=C(C#N)C#N)cc3)cc2)=c2ccc(=C(C#N)C#N)cc2)cc1. The maximum absolute atomic E-state index is 10.8. The molecule has 0 aliphatic heterocycles. The van der Waals surface area contributed by atoms with Gasteiger partial charge >= 0.3 is 0 Å². The summed E-state index contributed by atoms with van der Waals surface area (Å²) in [6.45, 7) is 12.5. The second-order valence-corrected chi connectivity index (χ2v) is 19.9. The first-order valence-corrected chi connectivity index (χ1v) is 28.4. The molecule has 0 aliphatic carbocycles. The molecule has 0 fully saturated rings. The number of rotatable bonds is 28. The molecule has 0 saturated heterocycles. The van der Waals surface area contributed by atoms with E-state index in [-0.39, 0.29) is 22.3 Å². The Hall–Kier alpha value is -9.42. The number of anilines is 2. The van der Waals surface area contributed by atoms with E-state index in [1.807, 2.05) is 48.5 Å². The number of nitrogens with zero attached hydrogens (tertiary/aromatic N) is 10. The minimum Gasteiger partial charge on any atom is -0.372 e. The molecule has 80 heavy (non-hydrogen) atoms. The van der Waals surface area contributed by atoms with Gasteiger partial charge in [-0.25, -0.2) is 0 Å². The molecule has 0 aromatic heterocycles. The Labute approximate surface area is 475 Å². The molecular formula is C70H72N10. The molecule has 0 aliphatic rings. The topological polar surface area (TPSA) is 197 Å². The van der Waals surface area contributed by atoms with Gasteiger partial charge in [0.1, 0.15) is 70.8 Å². The van der Waals surface area contributed by atoms with Crippen molar-refractivity contribution in [2.24, 2.45) is 0 Å². The van der Waals surface area contributed by atoms with Gasteiger partial charge in [0, 0.05) is 59.1 Å². The zero-order valence-electron chi connectivity index (χ0n) is 47.2. The van der Waals surface area contributed by atoms with E-state index in [0.29, 0.717) is 54.3 Å². The van der Waals surface area contributed by atoms with Crippen LogP contribution >= 0.6 is 0 Å². The number of nitriles is 8. The maximum atomic E-state index is 10.8. The fourth-order valence-corrected chi connectivity index (χ4v) is 10.1. The van der Waals surface area contributed by atoms with Crippen LogP contribution in [0, 0.1) is 90.6 Å². The second-order valence-electron chi connectivity index (χ2n) is 19.9. The first-order valence-electron chi connectivity index (χ1n) is 28.4. The summed E-state index contributed by atoms with van der Waals surface area (Å²) in [5.41, 5.74) is 6.11. The quantitative estimate of drug-likeness (QED) is 0.0343. The van der Waals surface area contributed by atoms with Gasteiger partial charge in [0.15, 0.2) is 0 Å². The van der Waals surface area contributed by atoms with E-state index >= 15 is 0 Å². The van der Waals surface area contributed by atoms with E-state index < -0.39 is 0 Å². The maximum Gasteiger partial charge on any atom is 0.138 e. The molecule has 0 saturated carbocycles. The van der Waals surface area contributed by atoms with Crippen molar-refractivity contribution in [1.82, 2.24) is 0 Å². The Bertz CT molecular complexity index is 3210. The molecule has 5 rings (SSSR count). The average molecular weight is 1050 g/mol. The standard InChI is InChI=1S/C70H72N10/c1-5-9-13-17-41-79(42-18-14-10-6-2)65-37-33-59(34-38-65)67(55-25-21-53(22-26-55)61(45-71)46-72)69(63(49-75)50-76)57-29-31-58(32-30-57)70(64(51-77)52-78)68(56-27-23-54(24-28-56)62(47-73)48-74)60-35-39-66(40-36-60)80(43-19-15-11-7-3)44-20-16-12-8-4/h21-40H,5-20,41-44H2,1-4H3. The van der Waals surface area contributed by atoms with Crippen LogP contribution in [0.4, 0.5) is 11.4 Å². The van der Waals surface area contributed by atoms with E-state index in [2.05, 4.69) is 86.0 Å². The van der Waals surface area contributed by atoms with Gasteiger partial charge in [-0.15, -0.1) is 0 Å². The minimum atomic E-state index is -0.149. The molecule has 0 atom stereocenters. The number of hydrogen-bond donors (Lipinski definition) is 0. The third kappa shape index (κ3) is 16.8. The van der Waals surface area contributed by atoms with Gasteiger partial charge in [0.2, 0.25) is 0 Å². The molecule has 0 unspecified atom stereocenters. The molecular weight excluding hydrogens is 981 g/mol. The summed E-state index contributed by atoms with van der Waals surface area (Å²) in [6, 6.07) is 54.1. The third-order valence-electron chi connectivity index (χ3n) is 14.4. The van der Waals surface area contributed by atoms with Crippen molar-refractivity contribution in [2.75, 3.05) is 36.0 Å². The third-order valence-corrected chi connectivity index (χ3v) is 14.4. The fraction of sp³-hybridized carbons (Fsp3) is 0.343. The van der Waals surface area contributed by atoms with Gasteiger partial charge in [-0.05, 0) is 93.8 Å². The summed E-state index contributed by atoms with van der Waals surface area (Å²) in [5.74, 6) is 0. The zero-order chi connectivity index (χ0) is 57.5. The number of unbranched alkanes of at least 4 members (excludes halogenated alkanes) is 12. The van der Waals surface area contributed by atoms with E-state index in [0.717, 1.165) is 126 Å². The van der Waals surface area contributed by atoms with E-state index in [4.69, 9.17) is 0 Å². The van der Waals surface area contributed by atoms with Crippen molar-refractivity contribution in [1.29, 1.82) is 42.1 Å². The molecule has 0 heterocycles. The lowest BCUT2D eigenvalue weighted by atomic mass is 9.84. The molecule has 10 nitrogen and oxygen atoms in total. The van der Waals surface area contributed by atoms with E-state index in [9.17, 15) is 42.1 Å². The van der Waals surface area contributed by atoms with Crippen LogP contribution in [0.25, 0.3) is 33.4 Å². The van der Waals surface area contributed by atoms with E-state index in [1.165, 1.54) is 25.7 Å². The summed E-state index contributed by atoms with van der Waals surface area (Å²) in [4.78, 5) is 4.89. The minimum absolute atomic E-state index is 0.0486. The van der Waals surface area contributed by atoms with Crippen LogP contribution in [0.15, 0.2) is 132 Å². The lowest BCUT2D eigenvalue weighted by molar-refractivity contribution is 0.609. The van der Waals surface area contributed by atoms with Gasteiger partial charge in [0.25, 0.3) is 0 Å². The molecule has 10 heteroatoms. The fourth-order valence-electron chi connectivity index (χ4n) is 10.1. The predicted molar refractivity (Wildman–Crippen MR) is 322 cm³/mol. The van der Waals surface area contributed by atoms with Gasteiger partial charge in [0.05, 0.1) is 0 Å². The summed E-state index contributed by atoms with van der Waals surface area (Å²) in [7, 11) is 0. The number of hydrogen-bond acceptors (Lipinski definition) is 10. The second kappa shape index (κ2) is 33.7. The molecule has 0 N–H and O–H groups in total. The first kappa shape index (κ1) is 61.4. The highest BCUT2D eigenvalue weighted by Crippen LogP contribution is 2.37. The highest BCUT2D eigenvalue weighted by Gasteiger charge is 2.22. The molecule has 402 valence electrons. The van der Waals surface area contributed by atoms with Gasteiger partial charge in [-0.3, -0.25) is 0 Å². The predicted octanol–water partition coefficient (Wildman–Crippen LogP) is 13.4. The van der Waals surface area contributed by atoms with Crippen molar-refractivity contribution in [2.45, 2.75) is 130 Å². The van der Waals surface area contributed by atoms with Gasteiger partial charge in [-0.1, -0.05) is 202 Å². The molecule has 0 radical (unpaired) electrons. The lowest BCUT2D eigenvalue weighted by Crippen LogP contribution is -2.25. The zero-order valence-corrected chi connectivity index (χ0v) is 47.2. The summed E-state index contributed by atoms with van der Waals surface area (Å²) >= 11 is 0. The first-order chi connectivity index (χ1) is 39.2. The Balaban J connectivity index is 1.76. The van der Waals surface area contributed by atoms with Crippen LogP contribution in [-0.4, -0.2) is 26.2 Å². The van der Waals surface area contributed by atoms with Crippen molar-refractivity contribution in [3.8, 4) is 48.6 Å². The van der Waals surface area contributed by atoms with Crippen molar-refractivity contribution in [3.63, 3.8) is 0 Å². The molecule has 0 amide bonds. The number of benzene rings is 5. The normalized spacial score (nSPS) is 10.2. The Morgan fingerprint density at radius 3 is 0.775 bits per heavy atom. The number of allylic oxidation sites excluding steroid dienone is 4. The monoisotopic (exact) mass is 1050 g/mol. The highest BCUT2D eigenvalue weighted by molar-refractivity contribution is 6.10. The van der Waals surface area contributed by atoms with Gasteiger partial charge in [-0.2, -0.15) is 42.1 Å². The van der Waals surface area contributed by atoms with Gasteiger partial charge < -0.3 is 9.80 Å². The van der Waals surface area contributed by atoms with Crippen LogP contribution in [0.2, 0.25) is 0 Å². The largest absolute Gasteiger partial charge is 0.372 e.